The lowest BCUT2D eigenvalue weighted by Crippen LogP contribution is -2.50. The van der Waals surface area contributed by atoms with Crippen LogP contribution in [0.3, 0.4) is 0 Å². The second kappa shape index (κ2) is 9.67. The Morgan fingerprint density at radius 1 is 1.08 bits per heavy atom. The van der Waals surface area contributed by atoms with E-state index in [0.29, 0.717) is 29.4 Å². The molecule has 2 saturated carbocycles. The molecule has 6 rings (SSSR count). The molecule has 2 aliphatic heterocycles. The summed E-state index contributed by atoms with van der Waals surface area (Å²) < 4.78 is 7.73. The number of ether oxygens (including phenoxy) is 1. The first-order chi connectivity index (χ1) is 17.4. The molecule has 2 aliphatic carbocycles. The Balaban J connectivity index is 1.08. The first-order valence-electron chi connectivity index (χ1n) is 14.3. The van der Waals surface area contributed by atoms with Gasteiger partial charge in [0.1, 0.15) is 5.82 Å². The summed E-state index contributed by atoms with van der Waals surface area (Å²) in [6.07, 6.45) is 14.7. The van der Waals surface area contributed by atoms with Gasteiger partial charge < -0.3 is 10.1 Å². The smallest absolute Gasteiger partial charge is 0.153 e. The number of aromatic nitrogens is 5. The first kappa shape index (κ1) is 24.3. The second-order valence-electron chi connectivity index (χ2n) is 12.6. The zero-order chi connectivity index (χ0) is 24.9. The summed E-state index contributed by atoms with van der Waals surface area (Å²) in [5.41, 5.74) is 1.36. The number of anilines is 1. The van der Waals surface area contributed by atoms with E-state index in [0.717, 1.165) is 35.2 Å². The van der Waals surface area contributed by atoms with Crippen molar-refractivity contribution >= 4 is 5.82 Å². The van der Waals surface area contributed by atoms with E-state index in [1.807, 2.05) is 18.0 Å². The molecule has 0 radical (unpaired) electrons. The molecular formula is C28H43N7O. The predicted octanol–water partition coefficient (Wildman–Crippen LogP) is 5.06. The number of fused-ring (bicyclic) bond motifs is 2. The van der Waals surface area contributed by atoms with E-state index >= 15 is 0 Å². The van der Waals surface area contributed by atoms with E-state index in [-0.39, 0.29) is 0 Å². The number of hydrogen-bond donors (Lipinski definition) is 1. The number of nitrogens with zero attached hydrogens (tertiary/aromatic N) is 6. The Morgan fingerprint density at radius 3 is 2.44 bits per heavy atom. The summed E-state index contributed by atoms with van der Waals surface area (Å²) in [5, 5.41) is 17.3. The van der Waals surface area contributed by atoms with Crippen LogP contribution >= 0.6 is 0 Å². The molecule has 196 valence electrons. The standard InChI is InChI=1S/C28H43N7O/c1-18(2)26-31-27(19-5-6-19)35(33-26)23-15-25(32-29-16-23)30-20-9-11-28(3,12-10-20)17-34-21-7-8-22(34)14-24(13-21)36-4/h15-16,18-22,24H,5-14,17H2,1-4H3,(H,30,32)/t20?,21-,22-,28?/m1/s1. The molecule has 0 amide bonds. The molecule has 0 aromatic carbocycles. The lowest BCUT2D eigenvalue weighted by Gasteiger charge is -2.46. The predicted molar refractivity (Wildman–Crippen MR) is 141 cm³/mol. The third-order valence-electron chi connectivity index (χ3n) is 9.28. The minimum absolute atomic E-state index is 0.314. The molecular weight excluding hydrogens is 450 g/mol. The van der Waals surface area contributed by atoms with Gasteiger partial charge in [0.2, 0.25) is 0 Å². The fourth-order valence-corrected chi connectivity index (χ4v) is 6.87. The fraction of sp³-hybridized carbons (Fsp3) is 0.786. The van der Waals surface area contributed by atoms with Crippen molar-refractivity contribution in [2.45, 2.75) is 121 Å². The minimum Gasteiger partial charge on any atom is -0.381 e. The zero-order valence-corrected chi connectivity index (χ0v) is 22.5. The van der Waals surface area contributed by atoms with Gasteiger partial charge in [0.15, 0.2) is 11.6 Å². The Kier molecular flexibility index (Phi) is 6.53. The Morgan fingerprint density at radius 2 is 1.81 bits per heavy atom. The number of nitrogens with one attached hydrogen (secondary N) is 1. The average Bonchev–Trinajstić information content (AvgIpc) is 3.58. The summed E-state index contributed by atoms with van der Waals surface area (Å²) in [5.74, 6) is 3.68. The highest BCUT2D eigenvalue weighted by Gasteiger charge is 2.44. The Bertz CT molecular complexity index is 1040. The van der Waals surface area contributed by atoms with Crippen LogP contribution in [0.5, 0.6) is 0 Å². The van der Waals surface area contributed by atoms with Crippen molar-refractivity contribution in [3.63, 3.8) is 0 Å². The molecule has 2 saturated heterocycles. The zero-order valence-electron chi connectivity index (χ0n) is 22.5. The van der Waals surface area contributed by atoms with Gasteiger partial charge in [-0.25, -0.2) is 9.67 Å². The van der Waals surface area contributed by atoms with Crippen molar-refractivity contribution in [2.24, 2.45) is 5.41 Å². The Labute approximate surface area is 215 Å². The molecule has 8 heteroatoms. The third-order valence-corrected chi connectivity index (χ3v) is 9.28. The van der Waals surface area contributed by atoms with Crippen molar-refractivity contribution in [1.82, 2.24) is 29.9 Å². The Hall–Kier alpha value is -2.06. The van der Waals surface area contributed by atoms with E-state index in [4.69, 9.17) is 14.8 Å². The lowest BCUT2D eigenvalue weighted by atomic mass is 9.73. The van der Waals surface area contributed by atoms with Crippen LogP contribution < -0.4 is 5.32 Å². The van der Waals surface area contributed by atoms with Crippen molar-refractivity contribution in [2.75, 3.05) is 19.0 Å². The highest BCUT2D eigenvalue weighted by atomic mass is 16.5. The summed E-state index contributed by atoms with van der Waals surface area (Å²) in [6.45, 7) is 8.06. The van der Waals surface area contributed by atoms with Gasteiger partial charge in [0.25, 0.3) is 0 Å². The van der Waals surface area contributed by atoms with Crippen molar-refractivity contribution in [3.05, 3.63) is 23.9 Å². The molecule has 2 aromatic heterocycles. The van der Waals surface area contributed by atoms with Crippen molar-refractivity contribution < 1.29 is 4.74 Å². The highest BCUT2D eigenvalue weighted by molar-refractivity contribution is 5.44. The molecule has 1 N–H and O–H groups in total. The molecule has 2 bridgehead atoms. The maximum absolute atomic E-state index is 5.72. The van der Waals surface area contributed by atoms with Crippen molar-refractivity contribution in [3.8, 4) is 5.69 Å². The van der Waals surface area contributed by atoms with Gasteiger partial charge in [-0.15, -0.1) is 5.10 Å². The average molecular weight is 494 g/mol. The van der Waals surface area contributed by atoms with E-state index in [2.05, 4.69) is 47.3 Å². The van der Waals surface area contributed by atoms with Crippen LogP contribution in [-0.4, -0.2) is 67.7 Å². The SMILES string of the molecule is COC1C[C@H]2CC[C@H](C1)N2CC1(C)CCC(Nc2cc(-n3nc(C(C)C)nc3C3CC3)cnn2)CC1. The largest absolute Gasteiger partial charge is 0.381 e. The maximum atomic E-state index is 5.72. The molecule has 36 heavy (non-hydrogen) atoms. The van der Waals surface area contributed by atoms with Crippen LogP contribution in [-0.2, 0) is 4.74 Å². The summed E-state index contributed by atoms with van der Waals surface area (Å²) in [4.78, 5) is 7.70. The number of rotatable bonds is 8. The monoisotopic (exact) mass is 493 g/mol. The third kappa shape index (κ3) is 4.91. The maximum Gasteiger partial charge on any atom is 0.153 e. The molecule has 4 fully saturated rings. The topological polar surface area (TPSA) is 81.0 Å². The van der Waals surface area contributed by atoms with Gasteiger partial charge >= 0.3 is 0 Å². The van der Waals surface area contributed by atoms with Crippen LogP contribution in [0.2, 0.25) is 0 Å². The summed E-state index contributed by atoms with van der Waals surface area (Å²) in [6, 6.07) is 4.01. The first-order valence-corrected chi connectivity index (χ1v) is 14.3. The number of piperidine rings is 1. The van der Waals surface area contributed by atoms with E-state index in [1.54, 1.807) is 0 Å². The molecule has 4 heterocycles. The molecule has 4 aliphatic rings. The van der Waals surface area contributed by atoms with Gasteiger partial charge in [0, 0.05) is 49.7 Å². The van der Waals surface area contributed by atoms with Crippen molar-refractivity contribution in [1.29, 1.82) is 0 Å². The highest BCUT2D eigenvalue weighted by Crippen LogP contribution is 2.44. The van der Waals surface area contributed by atoms with E-state index in [9.17, 15) is 0 Å². The van der Waals surface area contributed by atoms with Gasteiger partial charge in [-0.2, -0.15) is 10.2 Å². The van der Waals surface area contributed by atoms with Crippen LogP contribution in [0.4, 0.5) is 5.82 Å². The normalized spacial score (nSPS) is 32.8. The number of methoxy groups -OCH3 is 1. The van der Waals surface area contributed by atoms with Crippen LogP contribution in [0.15, 0.2) is 12.3 Å². The van der Waals surface area contributed by atoms with E-state index in [1.165, 1.54) is 70.8 Å². The lowest BCUT2D eigenvalue weighted by molar-refractivity contribution is -0.0154. The number of hydrogen-bond acceptors (Lipinski definition) is 7. The van der Waals surface area contributed by atoms with E-state index < -0.39 is 0 Å². The molecule has 8 nitrogen and oxygen atoms in total. The fourth-order valence-electron chi connectivity index (χ4n) is 6.87. The van der Waals surface area contributed by atoms with Crippen LogP contribution in [0.25, 0.3) is 5.69 Å². The molecule has 0 unspecified atom stereocenters. The molecule has 2 aromatic rings. The second-order valence-corrected chi connectivity index (χ2v) is 12.6. The van der Waals surface area contributed by atoms with Gasteiger partial charge in [-0.1, -0.05) is 20.8 Å². The quantitative estimate of drug-likeness (QED) is 0.550. The van der Waals surface area contributed by atoms with Gasteiger partial charge in [-0.3, -0.25) is 4.90 Å². The summed E-state index contributed by atoms with van der Waals surface area (Å²) >= 11 is 0. The summed E-state index contributed by atoms with van der Waals surface area (Å²) in [7, 11) is 1.89. The molecule has 2 atom stereocenters. The van der Waals surface area contributed by atoms with Gasteiger partial charge in [0.05, 0.1) is 18.0 Å². The van der Waals surface area contributed by atoms with Gasteiger partial charge in [-0.05, 0) is 69.6 Å². The van der Waals surface area contributed by atoms with Crippen LogP contribution in [0.1, 0.15) is 108 Å². The van der Waals surface area contributed by atoms with Crippen LogP contribution in [0, 0.1) is 5.41 Å². The molecule has 0 spiro atoms. The minimum atomic E-state index is 0.314.